The predicted molar refractivity (Wildman–Crippen MR) is 125 cm³/mol. The molecule has 0 fully saturated rings. The minimum Gasteiger partial charge on any atom is -0.512 e. The molecular weight excluding hydrogens is 390 g/mol. The first kappa shape index (κ1) is 24.2. The first-order valence-electron chi connectivity index (χ1n) is 10.5. The number of nitrogens with two attached hydrogens (primary N) is 1. The van der Waals surface area contributed by atoms with Crippen LogP contribution in [-0.4, -0.2) is 16.2 Å². The van der Waals surface area contributed by atoms with Crippen LogP contribution in [0.5, 0.6) is 5.75 Å². The topological polar surface area (TPSA) is 92.8 Å². The Morgan fingerprint density at radius 1 is 1.13 bits per heavy atom. The Labute approximate surface area is 184 Å². The number of hydrogen-bond donors (Lipinski definition) is 3. The van der Waals surface area contributed by atoms with Gasteiger partial charge in [-0.05, 0) is 47.2 Å². The molecule has 2 rings (SSSR count). The van der Waals surface area contributed by atoms with E-state index >= 15 is 0 Å². The van der Waals surface area contributed by atoms with Gasteiger partial charge in [-0.15, -0.1) is 0 Å². The summed E-state index contributed by atoms with van der Waals surface area (Å²) in [6.07, 6.45) is 2.25. The number of carboxylic acids is 1. The molecule has 0 heterocycles. The largest absolute Gasteiger partial charge is 0.512 e. The molecule has 5 nitrogen and oxygen atoms in total. The van der Waals surface area contributed by atoms with Crippen molar-refractivity contribution < 1.29 is 19.7 Å². The number of aliphatic hydroxyl groups excluding tert-OH is 1. The van der Waals surface area contributed by atoms with E-state index in [0.717, 1.165) is 16.7 Å². The van der Waals surface area contributed by atoms with Crippen LogP contribution >= 0.6 is 0 Å². The summed E-state index contributed by atoms with van der Waals surface area (Å²) < 4.78 is 6.22. The first-order valence-corrected chi connectivity index (χ1v) is 10.5. The van der Waals surface area contributed by atoms with Crippen molar-refractivity contribution >= 4 is 11.5 Å². The minimum atomic E-state index is -0.916. The highest BCUT2D eigenvalue weighted by Gasteiger charge is 2.18. The molecule has 0 aliphatic carbocycles. The van der Waals surface area contributed by atoms with Crippen molar-refractivity contribution in [3.63, 3.8) is 0 Å². The normalized spacial score (nSPS) is 13.0. The average molecular weight is 424 g/mol. The maximum atomic E-state index is 11.3. The third-order valence-electron chi connectivity index (χ3n) is 5.03. The number of rotatable bonds is 8. The predicted octanol–water partition coefficient (Wildman–Crippen LogP) is 5.73. The second kappa shape index (κ2) is 10.3. The summed E-state index contributed by atoms with van der Waals surface area (Å²) >= 11 is 0. The molecule has 5 heteroatoms. The second-order valence-corrected chi connectivity index (χ2v) is 8.61. The lowest BCUT2D eigenvalue weighted by atomic mass is 9.86. The highest BCUT2D eigenvalue weighted by atomic mass is 16.5. The van der Waals surface area contributed by atoms with Crippen molar-refractivity contribution in [3.8, 4) is 5.75 Å². The van der Waals surface area contributed by atoms with Crippen molar-refractivity contribution in [2.45, 2.75) is 59.4 Å². The molecule has 2 aromatic rings. The van der Waals surface area contributed by atoms with Gasteiger partial charge < -0.3 is 20.7 Å². The van der Waals surface area contributed by atoms with Crippen molar-refractivity contribution in [2.75, 3.05) is 0 Å². The second-order valence-electron chi connectivity index (χ2n) is 8.61. The molecule has 166 valence electrons. The Kier molecular flexibility index (Phi) is 8.06. The van der Waals surface area contributed by atoms with Crippen LogP contribution in [0.15, 0.2) is 60.1 Å². The van der Waals surface area contributed by atoms with E-state index in [9.17, 15) is 15.0 Å². The van der Waals surface area contributed by atoms with Crippen molar-refractivity contribution in [1.82, 2.24) is 0 Å². The van der Waals surface area contributed by atoms with Crippen molar-refractivity contribution in [1.29, 1.82) is 0 Å². The Morgan fingerprint density at radius 3 is 2.39 bits per heavy atom. The fraction of sp³-hybridized carbons (Fsp3) is 0.346. The van der Waals surface area contributed by atoms with E-state index in [4.69, 9.17) is 10.5 Å². The molecule has 4 N–H and O–H groups in total. The van der Waals surface area contributed by atoms with Crippen LogP contribution in [0.2, 0.25) is 0 Å². The van der Waals surface area contributed by atoms with Crippen LogP contribution in [0.3, 0.4) is 0 Å². The zero-order valence-electron chi connectivity index (χ0n) is 19.0. The third-order valence-corrected chi connectivity index (χ3v) is 5.03. The van der Waals surface area contributed by atoms with Gasteiger partial charge in [0.25, 0.3) is 0 Å². The summed E-state index contributed by atoms with van der Waals surface area (Å²) in [4.78, 5) is 11.3. The van der Waals surface area contributed by atoms with E-state index in [-0.39, 0.29) is 17.6 Å². The number of hydrogen-bond acceptors (Lipinski definition) is 4. The standard InChI is InChI=1S/C26H33NO4/c1-6-22(15-23(17(2)28)19-9-7-8-18(12-19)16-27)31-24-14-21(26(3,4)5)11-10-20(24)13-25(29)30/h7-12,14-15,28H,6,13,16,27H2,1-5H3,(H,29,30)/b22-15+,23-17-. The SMILES string of the molecule is CC/C(=C\C(=C(/C)O)c1cccc(CN)c1)Oc1cc(C(C)(C)C)ccc1CC(=O)O. The van der Waals surface area contributed by atoms with Crippen LogP contribution in [0, 0.1) is 0 Å². The Morgan fingerprint density at radius 2 is 1.84 bits per heavy atom. The lowest BCUT2D eigenvalue weighted by Gasteiger charge is -2.22. The fourth-order valence-electron chi connectivity index (χ4n) is 3.19. The van der Waals surface area contributed by atoms with E-state index in [0.29, 0.717) is 35.6 Å². The molecule has 31 heavy (non-hydrogen) atoms. The van der Waals surface area contributed by atoms with Gasteiger partial charge in [0.1, 0.15) is 11.5 Å². The minimum absolute atomic E-state index is 0.106. The zero-order valence-corrected chi connectivity index (χ0v) is 19.0. The molecule has 0 saturated carbocycles. The zero-order chi connectivity index (χ0) is 23.2. The van der Waals surface area contributed by atoms with Gasteiger partial charge in [0.15, 0.2) is 0 Å². The van der Waals surface area contributed by atoms with Gasteiger partial charge in [0, 0.05) is 24.1 Å². The van der Waals surface area contributed by atoms with Crippen LogP contribution in [0.1, 0.15) is 63.3 Å². The van der Waals surface area contributed by atoms with Gasteiger partial charge in [-0.3, -0.25) is 4.79 Å². The molecule has 0 atom stereocenters. The number of carbonyl (C=O) groups is 1. The highest BCUT2D eigenvalue weighted by molar-refractivity contribution is 5.76. The van der Waals surface area contributed by atoms with Gasteiger partial charge in [-0.2, -0.15) is 0 Å². The molecule has 0 aromatic heterocycles. The molecule has 0 saturated heterocycles. The monoisotopic (exact) mass is 423 g/mol. The first-order chi connectivity index (χ1) is 14.5. The van der Waals surface area contributed by atoms with Crippen LogP contribution in [0.4, 0.5) is 0 Å². The molecule has 0 radical (unpaired) electrons. The van der Waals surface area contributed by atoms with Crippen molar-refractivity contribution in [2.24, 2.45) is 5.73 Å². The lowest BCUT2D eigenvalue weighted by Crippen LogP contribution is -2.12. The quantitative estimate of drug-likeness (QED) is 0.372. The number of benzene rings is 2. The molecule has 0 spiro atoms. The molecule has 0 aliphatic rings. The van der Waals surface area contributed by atoms with Crippen LogP contribution in [0.25, 0.3) is 5.57 Å². The van der Waals surface area contributed by atoms with Gasteiger partial charge in [-0.25, -0.2) is 0 Å². The summed E-state index contributed by atoms with van der Waals surface area (Å²) in [5.41, 5.74) is 9.76. The van der Waals surface area contributed by atoms with Gasteiger partial charge >= 0.3 is 5.97 Å². The molecule has 0 amide bonds. The van der Waals surface area contributed by atoms with Crippen LogP contribution < -0.4 is 10.5 Å². The molecule has 0 unspecified atom stereocenters. The Bertz CT molecular complexity index is 993. The summed E-state index contributed by atoms with van der Waals surface area (Å²) in [6, 6.07) is 13.4. The lowest BCUT2D eigenvalue weighted by molar-refractivity contribution is -0.136. The maximum absolute atomic E-state index is 11.3. The van der Waals surface area contributed by atoms with Crippen LogP contribution in [-0.2, 0) is 23.2 Å². The van der Waals surface area contributed by atoms with Gasteiger partial charge in [0.05, 0.1) is 12.2 Å². The van der Waals surface area contributed by atoms with Crippen molar-refractivity contribution in [3.05, 3.63) is 82.3 Å². The summed E-state index contributed by atoms with van der Waals surface area (Å²) in [5, 5.41) is 19.6. The number of carboxylic acid groups (broad SMARTS) is 1. The maximum Gasteiger partial charge on any atom is 0.307 e. The van der Waals surface area contributed by atoms with Gasteiger partial charge in [-0.1, -0.05) is 58.0 Å². The summed E-state index contributed by atoms with van der Waals surface area (Å²) in [7, 11) is 0. The van der Waals surface area contributed by atoms with E-state index < -0.39 is 5.97 Å². The molecular formula is C26H33NO4. The fourth-order valence-corrected chi connectivity index (χ4v) is 3.19. The summed E-state index contributed by atoms with van der Waals surface area (Å²) in [5.74, 6) is 0.395. The Balaban J connectivity index is 2.51. The number of allylic oxidation sites excluding steroid dienone is 4. The smallest absolute Gasteiger partial charge is 0.307 e. The number of aliphatic carboxylic acids is 1. The Hall–Kier alpha value is -3.05. The highest BCUT2D eigenvalue weighted by Crippen LogP contribution is 2.31. The van der Waals surface area contributed by atoms with Gasteiger partial charge in [0.2, 0.25) is 0 Å². The average Bonchev–Trinajstić information content (AvgIpc) is 2.70. The van der Waals surface area contributed by atoms with E-state index in [1.807, 2.05) is 49.4 Å². The number of ether oxygens (including phenoxy) is 1. The van der Waals surface area contributed by atoms with E-state index in [2.05, 4.69) is 20.8 Å². The molecule has 0 aliphatic heterocycles. The summed E-state index contributed by atoms with van der Waals surface area (Å²) in [6.45, 7) is 10.3. The molecule has 0 bridgehead atoms. The molecule has 2 aromatic carbocycles. The van der Waals surface area contributed by atoms with E-state index in [1.54, 1.807) is 13.0 Å². The number of aliphatic hydroxyl groups is 1. The third kappa shape index (κ3) is 6.72. The van der Waals surface area contributed by atoms with E-state index in [1.165, 1.54) is 0 Å².